The van der Waals surface area contributed by atoms with Gasteiger partial charge in [0.05, 0.1) is 18.8 Å². The molecule has 0 spiro atoms. The van der Waals surface area contributed by atoms with Crippen molar-refractivity contribution in [3.05, 3.63) is 0 Å². The predicted octanol–water partition coefficient (Wildman–Crippen LogP) is 4.68. The van der Waals surface area contributed by atoms with Crippen LogP contribution in [0, 0.1) is 29.1 Å². The lowest BCUT2D eigenvalue weighted by atomic mass is 9.43. The summed E-state index contributed by atoms with van der Waals surface area (Å²) in [7, 11) is 1.24. The second kappa shape index (κ2) is 7.86. The van der Waals surface area contributed by atoms with E-state index in [1.165, 1.54) is 13.5 Å². The standard InChI is InChI=1S/C26H42BNO6/c1-23(2,3)32-22(30)28-15-16-10-11-26(28,21(29)31-7)18(16)9-8-12-27-33-20-14-17-13-19(24(17,4)5)25(20,6)34-27/h16-20H,8-15H2,1-7H3/t16?,17-,18?,19-,20+,25-,26+/m0/s1. The largest absolute Gasteiger partial charge is 0.467 e. The van der Waals surface area contributed by atoms with Crippen molar-refractivity contribution in [2.45, 2.75) is 109 Å². The molecule has 0 radical (unpaired) electrons. The van der Waals surface area contributed by atoms with Crippen LogP contribution in [0.15, 0.2) is 0 Å². The van der Waals surface area contributed by atoms with Gasteiger partial charge in [-0.15, -0.1) is 0 Å². The minimum absolute atomic E-state index is 0.0819. The summed E-state index contributed by atoms with van der Waals surface area (Å²) in [5.74, 6) is 1.37. The third-order valence-corrected chi connectivity index (χ3v) is 10.1. The SMILES string of the molecule is COC(=O)[C@]12CCC(CN1C(=O)OC(C)(C)C)C2CCCB1O[C@@H]2C[C@@H]3C[C@@H](C3(C)C)[C@]2(C)O1. The summed E-state index contributed by atoms with van der Waals surface area (Å²) < 4.78 is 23.9. The molecule has 0 aromatic rings. The quantitative estimate of drug-likeness (QED) is 0.425. The van der Waals surface area contributed by atoms with Crippen LogP contribution in [0.4, 0.5) is 4.79 Å². The maximum Gasteiger partial charge on any atom is 0.457 e. The molecule has 2 heterocycles. The van der Waals surface area contributed by atoms with E-state index in [0.29, 0.717) is 30.2 Å². The topological polar surface area (TPSA) is 74.3 Å². The molecule has 4 bridgehead atoms. The number of hydrogen-bond acceptors (Lipinski definition) is 6. The molecule has 7 nitrogen and oxygen atoms in total. The van der Waals surface area contributed by atoms with Crippen LogP contribution in [0.3, 0.4) is 0 Å². The first-order valence-electron chi connectivity index (χ1n) is 13.2. The van der Waals surface area contributed by atoms with E-state index in [9.17, 15) is 9.59 Å². The van der Waals surface area contributed by atoms with E-state index in [0.717, 1.165) is 37.9 Å². The van der Waals surface area contributed by atoms with Crippen molar-refractivity contribution < 1.29 is 28.4 Å². The van der Waals surface area contributed by atoms with Crippen LogP contribution in [0.5, 0.6) is 0 Å². The number of fused-ring (bicyclic) bond motifs is 2. The van der Waals surface area contributed by atoms with Gasteiger partial charge in [0.15, 0.2) is 0 Å². The molecule has 34 heavy (non-hydrogen) atoms. The highest BCUT2D eigenvalue weighted by atomic mass is 16.7. The van der Waals surface area contributed by atoms with Crippen LogP contribution >= 0.6 is 0 Å². The van der Waals surface area contributed by atoms with Gasteiger partial charge in [-0.25, -0.2) is 9.59 Å². The van der Waals surface area contributed by atoms with Crippen molar-refractivity contribution in [3.63, 3.8) is 0 Å². The Morgan fingerprint density at radius 3 is 2.56 bits per heavy atom. The van der Waals surface area contributed by atoms with Crippen LogP contribution in [0.25, 0.3) is 0 Å². The van der Waals surface area contributed by atoms with Gasteiger partial charge in [0.1, 0.15) is 11.1 Å². The normalized spacial score (nSPS) is 41.8. The highest BCUT2D eigenvalue weighted by molar-refractivity contribution is 6.45. The molecule has 6 aliphatic rings. The number of hydrogen-bond donors (Lipinski definition) is 0. The first-order valence-corrected chi connectivity index (χ1v) is 13.2. The van der Waals surface area contributed by atoms with Gasteiger partial charge in [0.25, 0.3) is 0 Å². The molecule has 8 heteroatoms. The number of nitrogens with zero attached hydrogens (tertiary/aromatic N) is 1. The van der Waals surface area contributed by atoms with Gasteiger partial charge in [0.2, 0.25) is 0 Å². The van der Waals surface area contributed by atoms with E-state index < -0.39 is 17.2 Å². The summed E-state index contributed by atoms with van der Waals surface area (Å²) in [5.41, 5.74) is -1.37. The number of rotatable bonds is 5. The van der Waals surface area contributed by atoms with E-state index in [2.05, 4.69) is 20.8 Å². The molecule has 6 fully saturated rings. The smallest absolute Gasteiger partial charge is 0.457 e. The first kappa shape index (κ1) is 24.4. The minimum atomic E-state index is -0.912. The summed E-state index contributed by atoms with van der Waals surface area (Å²) in [6, 6.07) is 0. The maximum atomic E-state index is 13.1. The Hall–Kier alpha value is -1.28. The van der Waals surface area contributed by atoms with Crippen molar-refractivity contribution >= 4 is 19.2 Å². The maximum absolute atomic E-state index is 13.1. The van der Waals surface area contributed by atoms with Gasteiger partial charge in [-0.2, -0.15) is 0 Å². The van der Waals surface area contributed by atoms with Crippen molar-refractivity contribution in [2.75, 3.05) is 13.7 Å². The zero-order valence-corrected chi connectivity index (χ0v) is 22.0. The van der Waals surface area contributed by atoms with Crippen molar-refractivity contribution in [1.29, 1.82) is 0 Å². The zero-order valence-electron chi connectivity index (χ0n) is 22.0. The summed E-state index contributed by atoms with van der Waals surface area (Å²) >= 11 is 0. The number of ether oxygens (including phenoxy) is 2. The molecule has 2 aliphatic heterocycles. The van der Waals surface area contributed by atoms with Gasteiger partial charge >= 0.3 is 19.2 Å². The van der Waals surface area contributed by atoms with Crippen LogP contribution in [-0.2, 0) is 23.6 Å². The fraction of sp³-hybridized carbons (Fsp3) is 0.923. The number of methoxy groups -OCH3 is 1. The van der Waals surface area contributed by atoms with Crippen molar-refractivity contribution in [3.8, 4) is 0 Å². The Morgan fingerprint density at radius 1 is 1.18 bits per heavy atom. The van der Waals surface area contributed by atoms with Crippen LogP contribution in [0.1, 0.15) is 80.1 Å². The molecule has 6 rings (SSSR count). The number of piperidine rings is 1. The van der Waals surface area contributed by atoms with Gasteiger partial charge < -0.3 is 18.8 Å². The van der Waals surface area contributed by atoms with Gasteiger partial charge in [-0.1, -0.05) is 20.3 Å². The van der Waals surface area contributed by atoms with E-state index in [1.807, 2.05) is 20.8 Å². The van der Waals surface area contributed by atoms with Crippen LogP contribution in [0.2, 0.25) is 6.32 Å². The van der Waals surface area contributed by atoms with Gasteiger partial charge in [-0.05, 0) is 95.2 Å². The first-order chi connectivity index (χ1) is 15.8. The average molecular weight is 475 g/mol. The van der Waals surface area contributed by atoms with Gasteiger partial charge in [-0.3, -0.25) is 4.90 Å². The van der Waals surface area contributed by atoms with Crippen molar-refractivity contribution in [1.82, 2.24) is 4.90 Å². The third-order valence-electron chi connectivity index (χ3n) is 10.1. The monoisotopic (exact) mass is 475 g/mol. The number of amides is 1. The summed E-state index contributed by atoms with van der Waals surface area (Å²) in [6.45, 7) is 13.1. The second-order valence-electron chi connectivity index (χ2n) is 13.2. The van der Waals surface area contributed by atoms with E-state index in [1.54, 1.807) is 4.90 Å². The highest BCUT2D eigenvalue weighted by Gasteiger charge is 2.68. The van der Waals surface area contributed by atoms with Crippen molar-refractivity contribution in [2.24, 2.45) is 29.1 Å². The molecular formula is C26H42BNO6. The molecule has 1 amide bonds. The summed E-state index contributed by atoms with van der Waals surface area (Å²) in [5, 5.41) is 0. The lowest BCUT2D eigenvalue weighted by Crippen LogP contribution is -2.65. The second-order valence-corrected chi connectivity index (χ2v) is 13.2. The van der Waals surface area contributed by atoms with Crippen LogP contribution in [-0.4, -0.2) is 60.6 Å². The van der Waals surface area contributed by atoms with E-state index in [4.69, 9.17) is 18.8 Å². The molecule has 0 aromatic carbocycles. The Morgan fingerprint density at radius 2 is 1.91 bits per heavy atom. The molecule has 2 unspecified atom stereocenters. The molecule has 0 aromatic heterocycles. The fourth-order valence-electron chi connectivity index (χ4n) is 8.28. The highest BCUT2D eigenvalue weighted by Crippen LogP contribution is 2.66. The average Bonchev–Trinajstić information content (AvgIpc) is 3.38. The lowest BCUT2D eigenvalue weighted by Gasteiger charge is -2.64. The number of carbonyl (C=O) groups excluding carboxylic acids is 2. The summed E-state index contributed by atoms with van der Waals surface area (Å²) in [4.78, 5) is 27.8. The Kier molecular flexibility index (Phi) is 5.65. The summed E-state index contributed by atoms with van der Waals surface area (Å²) in [6.07, 6.45) is 6.27. The van der Waals surface area contributed by atoms with Crippen LogP contribution < -0.4 is 0 Å². The molecule has 0 N–H and O–H groups in total. The number of likely N-dealkylation sites (tertiary alicyclic amines) is 1. The van der Waals surface area contributed by atoms with E-state index >= 15 is 0 Å². The fourth-order valence-corrected chi connectivity index (χ4v) is 8.28. The molecule has 190 valence electrons. The molecule has 4 aliphatic carbocycles. The third kappa shape index (κ3) is 3.45. The molecule has 7 atom stereocenters. The Balaban J connectivity index is 1.23. The minimum Gasteiger partial charge on any atom is -0.467 e. The van der Waals surface area contributed by atoms with E-state index in [-0.39, 0.29) is 30.7 Å². The molecule has 2 saturated heterocycles. The predicted molar refractivity (Wildman–Crippen MR) is 128 cm³/mol. The molecular weight excluding hydrogens is 433 g/mol. The number of esters is 1. The Bertz CT molecular complexity index is 857. The Labute approximate surface area is 204 Å². The zero-order chi connectivity index (χ0) is 24.7. The lowest BCUT2D eigenvalue weighted by molar-refractivity contribution is -0.199. The molecule has 4 saturated carbocycles. The number of carbonyl (C=O) groups is 2. The van der Waals surface area contributed by atoms with Gasteiger partial charge in [0, 0.05) is 6.54 Å².